The van der Waals surface area contributed by atoms with Crippen LogP contribution < -0.4 is 5.32 Å². The van der Waals surface area contributed by atoms with Crippen LogP contribution in [0.1, 0.15) is 11.4 Å². The van der Waals surface area contributed by atoms with E-state index in [0.717, 1.165) is 16.9 Å². The first kappa shape index (κ1) is 15.5. The Morgan fingerprint density at radius 2 is 1.88 bits per heavy atom. The maximum Gasteiger partial charge on any atom is 0.246 e. The second kappa shape index (κ2) is 6.86. The number of anilines is 1. The Labute approximate surface area is 149 Å². The van der Waals surface area contributed by atoms with Gasteiger partial charge in [-0.25, -0.2) is 9.97 Å². The second-order valence-electron chi connectivity index (χ2n) is 5.65. The number of carbonyl (C=O) groups is 1. The molecule has 0 aliphatic carbocycles. The summed E-state index contributed by atoms with van der Waals surface area (Å²) in [5, 5.41) is 5.28. The number of hydrogen-bond acceptors (Lipinski definition) is 4. The van der Waals surface area contributed by atoms with Gasteiger partial charge in [-0.15, -0.1) is 11.3 Å². The normalized spacial score (nSPS) is 10.9. The fourth-order valence-corrected chi connectivity index (χ4v) is 3.35. The molecule has 0 atom stereocenters. The summed E-state index contributed by atoms with van der Waals surface area (Å²) in [6.07, 6.45) is 2.35. The highest BCUT2D eigenvalue weighted by atomic mass is 32.1. The number of nitrogens with one attached hydrogen (secondary N) is 1. The average Bonchev–Trinajstić information content (AvgIpc) is 3.25. The third kappa shape index (κ3) is 3.44. The van der Waals surface area contributed by atoms with Gasteiger partial charge in [0.25, 0.3) is 0 Å². The van der Waals surface area contributed by atoms with Gasteiger partial charge in [0.15, 0.2) is 5.13 Å². The predicted molar refractivity (Wildman–Crippen MR) is 99.7 cm³/mol. The molecule has 0 radical (unpaired) electrons. The number of imidazole rings is 1. The van der Waals surface area contributed by atoms with Gasteiger partial charge < -0.3 is 9.88 Å². The summed E-state index contributed by atoms with van der Waals surface area (Å²) < 4.78 is 1.98. The van der Waals surface area contributed by atoms with Crippen molar-refractivity contribution in [2.75, 3.05) is 5.32 Å². The summed E-state index contributed by atoms with van der Waals surface area (Å²) in [4.78, 5) is 21.3. The maximum absolute atomic E-state index is 12.4. The molecule has 5 nitrogen and oxygen atoms in total. The van der Waals surface area contributed by atoms with Crippen LogP contribution in [0.2, 0.25) is 0 Å². The number of para-hydroxylation sites is 2. The smallest absolute Gasteiger partial charge is 0.246 e. The minimum Gasteiger partial charge on any atom is -0.318 e. The number of nitrogens with zero attached hydrogens (tertiary/aromatic N) is 3. The molecular formula is C19H16N4OS. The number of amides is 1. The molecule has 0 saturated heterocycles. The lowest BCUT2D eigenvalue weighted by atomic mass is 10.1. The number of rotatable bonds is 5. The molecule has 0 spiro atoms. The lowest BCUT2D eigenvalue weighted by Crippen LogP contribution is -2.20. The van der Waals surface area contributed by atoms with Crippen LogP contribution in [-0.4, -0.2) is 20.4 Å². The van der Waals surface area contributed by atoms with Gasteiger partial charge in [-0.05, 0) is 17.7 Å². The molecule has 2 aromatic heterocycles. The van der Waals surface area contributed by atoms with Gasteiger partial charge in [0.05, 0.1) is 11.0 Å². The van der Waals surface area contributed by atoms with Crippen LogP contribution in [0.3, 0.4) is 0 Å². The van der Waals surface area contributed by atoms with Crippen LogP contribution in [0, 0.1) is 0 Å². The van der Waals surface area contributed by atoms with Crippen molar-refractivity contribution in [3.8, 4) is 0 Å². The Hall–Kier alpha value is -2.99. The van der Waals surface area contributed by atoms with Crippen LogP contribution >= 0.6 is 11.3 Å². The van der Waals surface area contributed by atoms with Crippen molar-refractivity contribution in [1.82, 2.24) is 14.5 Å². The summed E-state index contributed by atoms with van der Waals surface area (Å²) in [6.45, 7) is 0.211. The van der Waals surface area contributed by atoms with Gasteiger partial charge in [0, 0.05) is 18.0 Å². The lowest BCUT2D eigenvalue weighted by molar-refractivity contribution is -0.116. The predicted octanol–water partition coefficient (Wildman–Crippen LogP) is 3.72. The van der Waals surface area contributed by atoms with E-state index in [4.69, 9.17) is 4.98 Å². The molecule has 1 N–H and O–H groups in total. The van der Waals surface area contributed by atoms with Crippen LogP contribution in [0.15, 0.2) is 66.2 Å². The Balaban J connectivity index is 1.65. The van der Waals surface area contributed by atoms with E-state index in [1.807, 2.05) is 52.4 Å². The van der Waals surface area contributed by atoms with E-state index >= 15 is 0 Å². The molecule has 2 heterocycles. The van der Waals surface area contributed by atoms with E-state index in [0.29, 0.717) is 11.6 Å². The molecule has 4 aromatic rings. The molecule has 0 aliphatic rings. The first-order valence-corrected chi connectivity index (χ1v) is 8.85. The summed E-state index contributed by atoms with van der Waals surface area (Å²) in [7, 11) is 0. The Morgan fingerprint density at radius 1 is 1.08 bits per heavy atom. The van der Waals surface area contributed by atoms with Gasteiger partial charge in [-0.1, -0.05) is 42.5 Å². The van der Waals surface area contributed by atoms with E-state index in [1.165, 1.54) is 16.9 Å². The van der Waals surface area contributed by atoms with E-state index in [9.17, 15) is 4.79 Å². The molecule has 25 heavy (non-hydrogen) atoms. The first-order valence-electron chi connectivity index (χ1n) is 7.97. The third-order valence-electron chi connectivity index (χ3n) is 3.92. The second-order valence-corrected chi connectivity index (χ2v) is 6.55. The summed E-state index contributed by atoms with van der Waals surface area (Å²) >= 11 is 1.41. The van der Waals surface area contributed by atoms with Crippen molar-refractivity contribution < 1.29 is 4.79 Å². The fourth-order valence-electron chi connectivity index (χ4n) is 2.80. The molecule has 0 aliphatic heterocycles. The van der Waals surface area contributed by atoms with Crippen LogP contribution in [0.5, 0.6) is 0 Å². The molecule has 124 valence electrons. The van der Waals surface area contributed by atoms with E-state index in [2.05, 4.69) is 22.4 Å². The number of fused-ring (bicyclic) bond motifs is 1. The first-order chi connectivity index (χ1) is 12.3. The highest BCUT2D eigenvalue weighted by Crippen LogP contribution is 2.19. The molecule has 1 amide bonds. The van der Waals surface area contributed by atoms with Crippen molar-refractivity contribution in [2.24, 2.45) is 0 Å². The Kier molecular flexibility index (Phi) is 4.26. The molecule has 0 unspecified atom stereocenters. The van der Waals surface area contributed by atoms with E-state index in [-0.39, 0.29) is 12.5 Å². The number of carbonyl (C=O) groups excluding carboxylic acids is 1. The van der Waals surface area contributed by atoms with Crippen LogP contribution in [0.25, 0.3) is 11.0 Å². The fraction of sp³-hybridized carbons (Fsp3) is 0.105. The zero-order valence-electron chi connectivity index (χ0n) is 13.4. The highest BCUT2D eigenvalue weighted by Gasteiger charge is 2.14. The molecule has 0 bridgehead atoms. The molecular weight excluding hydrogens is 332 g/mol. The largest absolute Gasteiger partial charge is 0.318 e. The SMILES string of the molecule is O=C(Cn1c(Cc2ccccc2)nc2ccccc21)Nc1nccs1. The number of hydrogen-bond donors (Lipinski definition) is 1. The molecule has 6 heteroatoms. The Morgan fingerprint density at radius 3 is 2.68 bits per heavy atom. The topological polar surface area (TPSA) is 59.8 Å². The van der Waals surface area contributed by atoms with Crippen LogP contribution in [-0.2, 0) is 17.8 Å². The van der Waals surface area contributed by atoms with Gasteiger partial charge in [-0.2, -0.15) is 0 Å². The standard InChI is InChI=1S/C19H16N4OS/c24-18(22-19-20-10-11-25-19)13-23-16-9-5-4-8-15(16)21-17(23)12-14-6-2-1-3-7-14/h1-11H,12-13H2,(H,20,22,24). The van der Waals surface area contributed by atoms with Crippen molar-refractivity contribution in [2.45, 2.75) is 13.0 Å². The monoisotopic (exact) mass is 348 g/mol. The Bertz CT molecular complexity index is 993. The summed E-state index contributed by atoms with van der Waals surface area (Å²) in [5.41, 5.74) is 3.03. The molecule has 2 aromatic carbocycles. The minimum absolute atomic E-state index is 0.104. The van der Waals surface area contributed by atoms with Crippen molar-refractivity contribution in [3.05, 3.63) is 77.6 Å². The zero-order valence-corrected chi connectivity index (χ0v) is 14.2. The molecule has 0 fully saturated rings. The summed E-state index contributed by atoms with van der Waals surface area (Å²) in [6, 6.07) is 18.0. The number of aromatic nitrogens is 3. The van der Waals surface area contributed by atoms with Gasteiger partial charge in [0.1, 0.15) is 12.4 Å². The summed E-state index contributed by atoms with van der Waals surface area (Å²) in [5.74, 6) is 0.772. The van der Waals surface area contributed by atoms with Crippen molar-refractivity contribution in [3.63, 3.8) is 0 Å². The van der Waals surface area contributed by atoms with E-state index in [1.54, 1.807) is 6.20 Å². The maximum atomic E-state index is 12.4. The van der Waals surface area contributed by atoms with Gasteiger partial charge in [-0.3, -0.25) is 4.79 Å². The van der Waals surface area contributed by atoms with E-state index < -0.39 is 0 Å². The van der Waals surface area contributed by atoms with Gasteiger partial charge >= 0.3 is 0 Å². The third-order valence-corrected chi connectivity index (χ3v) is 4.61. The lowest BCUT2D eigenvalue weighted by Gasteiger charge is -2.09. The average molecular weight is 348 g/mol. The van der Waals surface area contributed by atoms with Crippen molar-refractivity contribution >= 4 is 33.4 Å². The minimum atomic E-state index is -0.104. The zero-order chi connectivity index (χ0) is 17.1. The quantitative estimate of drug-likeness (QED) is 0.598. The highest BCUT2D eigenvalue weighted by molar-refractivity contribution is 7.13. The van der Waals surface area contributed by atoms with Gasteiger partial charge in [0.2, 0.25) is 5.91 Å². The molecule has 4 rings (SSSR count). The number of benzene rings is 2. The van der Waals surface area contributed by atoms with Crippen molar-refractivity contribution in [1.29, 1.82) is 0 Å². The molecule has 0 saturated carbocycles. The number of thiazole rings is 1. The van der Waals surface area contributed by atoms with Crippen LogP contribution in [0.4, 0.5) is 5.13 Å².